The highest BCUT2D eigenvalue weighted by atomic mass is 28.3. The second-order valence-corrected chi connectivity index (χ2v) is 22.5. The van der Waals surface area contributed by atoms with Crippen LogP contribution in [-0.4, -0.2) is 16.1 Å². The average Bonchev–Trinajstić information content (AvgIpc) is 2.90. The van der Waals surface area contributed by atoms with Crippen molar-refractivity contribution < 1.29 is 0 Å². The third-order valence-electron chi connectivity index (χ3n) is 8.70. The first-order valence-electron chi connectivity index (χ1n) is 11.3. The van der Waals surface area contributed by atoms with Gasteiger partial charge in [0.05, 0.1) is 0 Å². The van der Waals surface area contributed by atoms with E-state index in [0.29, 0.717) is 0 Å². The molecule has 29 heavy (non-hydrogen) atoms. The van der Waals surface area contributed by atoms with Gasteiger partial charge in [-0.1, -0.05) is 110 Å². The third-order valence-corrected chi connectivity index (χ3v) is 17.7. The lowest BCUT2D eigenvalue weighted by atomic mass is 9.47. The summed E-state index contributed by atoms with van der Waals surface area (Å²) >= 11 is 0. The minimum Gasteiger partial charge on any atom is -0.126 e. The third kappa shape index (κ3) is 3.28. The number of rotatable bonds is 0. The maximum absolute atomic E-state index is 3.81. The van der Waals surface area contributed by atoms with E-state index in [2.05, 4.69) is 115 Å². The summed E-state index contributed by atoms with van der Waals surface area (Å²) in [6.45, 7) is 23.8. The second kappa shape index (κ2) is 6.64. The smallest absolute Gasteiger partial charge is 0.126 e. The molecule has 3 aliphatic rings. The Balaban J connectivity index is 2.17. The molecule has 3 rings (SSSR count). The lowest BCUT2D eigenvalue weighted by molar-refractivity contribution is 0.232. The van der Waals surface area contributed by atoms with Crippen molar-refractivity contribution in [3.05, 3.63) is 35.5 Å². The van der Waals surface area contributed by atoms with Gasteiger partial charge in [-0.15, -0.1) is 11.1 Å². The summed E-state index contributed by atoms with van der Waals surface area (Å²) in [5.74, 6) is 7.53. The molecule has 3 aliphatic carbocycles. The fraction of sp³-hybridized carbons (Fsp3) is 0.630. The number of allylic oxidation sites excluding steroid dienone is 6. The maximum atomic E-state index is 3.81. The summed E-state index contributed by atoms with van der Waals surface area (Å²) in [6, 6.07) is 0. The highest BCUT2D eigenvalue weighted by Gasteiger charge is 2.64. The summed E-state index contributed by atoms with van der Waals surface area (Å²) in [5, 5.41) is 0.564. The summed E-state index contributed by atoms with van der Waals surface area (Å²) < 4.78 is 0. The molecule has 0 aromatic carbocycles. The Morgan fingerprint density at radius 1 is 0.690 bits per heavy atom. The lowest BCUT2D eigenvalue weighted by Gasteiger charge is -2.54. The van der Waals surface area contributed by atoms with E-state index >= 15 is 0 Å². The molecule has 2 atom stereocenters. The first-order chi connectivity index (χ1) is 13.1. The minimum absolute atomic E-state index is 0.120. The van der Waals surface area contributed by atoms with E-state index in [0.717, 1.165) is 0 Å². The molecule has 2 heteroatoms. The quantitative estimate of drug-likeness (QED) is 0.278. The van der Waals surface area contributed by atoms with E-state index in [1.54, 1.807) is 0 Å². The molecule has 1 fully saturated rings. The maximum Gasteiger partial charge on any atom is 0.138 e. The van der Waals surface area contributed by atoms with Gasteiger partial charge < -0.3 is 0 Å². The zero-order valence-electron chi connectivity index (χ0n) is 20.4. The minimum atomic E-state index is -1.65. The van der Waals surface area contributed by atoms with Gasteiger partial charge in [0, 0.05) is 22.0 Å². The van der Waals surface area contributed by atoms with Gasteiger partial charge in [-0.3, -0.25) is 0 Å². The van der Waals surface area contributed by atoms with Gasteiger partial charge in [-0.2, -0.15) is 0 Å². The van der Waals surface area contributed by atoms with Crippen molar-refractivity contribution in [1.82, 2.24) is 0 Å². The molecule has 1 saturated carbocycles. The molecular weight excluding hydrogens is 380 g/mol. The number of hydrogen-bond donors (Lipinski definition) is 0. The van der Waals surface area contributed by atoms with E-state index in [1.165, 1.54) is 30.4 Å². The van der Waals surface area contributed by atoms with Crippen molar-refractivity contribution in [1.29, 1.82) is 0 Å². The zero-order chi connectivity index (χ0) is 21.9. The molecule has 0 heterocycles. The Bertz CT molecular complexity index is 843. The van der Waals surface area contributed by atoms with E-state index in [9.17, 15) is 0 Å². The standard InChI is InChI=1S/C27H40Si2/c1-24(2,3)28(7,8)20-14-22-23(15-21-29(9,10)25(4,5)6)27-17-12-11-16-26(22,27)18-13-19-27/h11-12,16-17H,13,18-19H2,1-10H3/t26-,27+. The van der Waals surface area contributed by atoms with Crippen LogP contribution in [-0.2, 0) is 0 Å². The van der Waals surface area contributed by atoms with Crippen molar-refractivity contribution in [2.24, 2.45) is 10.8 Å². The Labute approximate surface area is 182 Å². The van der Waals surface area contributed by atoms with E-state index in [4.69, 9.17) is 0 Å². The van der Waals surface area contributed by atoms with Crippen LogP contribution in [0.4, 0.5) is 0 Å². The van der Waals surface area contributed by atoms with Crippen molar-refractivity contribution in [3.8, 4) is 22.9 Å². The molecule has 0 amide bonds. The van der Waals surface area contributed by atoms with Crippen LogP contribution in [0.1, 0.15) is 60.8 Å². The van der Waals surface area contributed by atoms with Crippen LogP contribution in [0.5, 0.6) is 0 Å². The predicted molar refractivity (Wildman–Crippen MR) is 134 cm³/mol. The largest absolute Gasteiger partial charge is 0.138 e. The molecule has 0 aliphatic heterocycles. The van der Waals surface area contributed by atoms with Gasteiger partial charge >= 0.3 is 0 Å². The SMILES string of the molecule is CC(C)(C)[Si](C)(C)C#CC1=C(C#C[Si](C)(C)C(C)(C)C)[C@]23C=CC=C[C@]12CCC3. The van der Waals surface area contributed by atoms with Crippen LogP contribution in [0.2, 0.25) is 36.3 Å². The van der Waals surface area contributed by atoms with Crippen LogP contribution in [0, 0.1) is 33.8 Å². The molecule has 0 bridgehead atoms. The van der Waals surface area contributed by atoms with Crippen LogP contribution >= 0.6 is 0 Å². The molecule has 0 aromatic heterocycles. The molecule has 156 valence electrons. The van der Waals surface area contributed by atoms with Gasteiger partial charge in [0.15, 0.2) is 0 Å². The van der Waals surface area contributed by atoms with Gasteiger partial charge in [0.1, 0.15) is 16.1 Å². The fourth-order valence-corrected chi connectivity index (χ4v) is 6.03. The Morgan fingerprint density at radius 3 is 1.34 bits per heavy atom. The van der Waals surface area contributed by atoms with Gasteiger partial charge in [-0.05, 0) is 22.9 Å². The predicted octanol–water partition coefficient (Wildman–Crippen LogP) is 7.68. The monoisotopic (exact) mass is 420 g/mol. The molecule has 0 nitrogen and oxygen atoms in total. The van der Waals surface area contributed by atoms with Crippen molar-refractivity contribution >= 4 is 16.1 Å². The van der Waals surface area contributed by atoms with Crippen molar-refractivity contribution in [3.63, 3.8) is 0 Å². The lowest BCUT2D eigenvalue weighted by Crippen LogP contribution is -2.48. The summed E-state index contributed by atoms with van der Waals surface area (Å²) in [6.07, 6.45) is 13.1. The average molecular weight is 421 g/mol. The van der Waals surface area contributed by atoms with Crippen LogP contribution in [0.15, 0.2) is 35.5 Å². The van der Waals surface area contributed by atoms with E-state index < -0.39 is 16.1 Å². The van der Waals surface area contributed by atoms with Gasteiger partial charge in [0.2, 0.25) is 0 Å². The first kappa shape index (κ1) is 22.5. The Hall–Kier alpha value is -1.23. The molecule has 0 unspecified atom stereocenters. The molecule has 0 radical (unpaired) electrons. The van der Waals surface area contributed by atoms with Gasteiger partial charge in [-0.25, -0.2) is 0 Å². The van der Waals surface area contributed by atoms with Crippen LogP contribution in [0.3, 0.4) is 0 Å². The summed E-state index contributed by atoms with van der Waals surface area (Å²) in [4.78, 5) is 0. The normalized spacial score (nSPS) is 28.6. The highest BCUT2D eigenvalue weighted by molar-refractivity contribution is 6.88. The van der Waals surface area contributed by atoms with Crippen molar-refractivity contribution in [2.75, 3.05) is 0 Å². The number of hydrogen-bond acceptors (Lipinski definition) is 0. The highest BCUT2D eigenvalue weighted by Crippen LogP contribution is 2.71. The summed E-state index contributed by atoms with van der Waals surface area (Å²) in [5.41, 5.74) is 10.6. The van der Waals surface area contributed by atoms with Crippen molar-refractivity contribution in [2.45, 2.75) is 97.1 Å². The Morgan fingerprint density at radius 2 is 1.03 bits per heavy atom. The second-order valence-electron chi connectivity index (χ2n) is 12.5. The zero-order valence-corrected chi connectivity index (χ0v) is 22.4. The first-order valence-corrected chi connectivity index (χ1v) is 17.3. The molecule has 0 spiro atoms. The fourth-order valence-electron chi connectivity index (χ4n) is 4.40. The molecule has 0 N–H and O–H groups in total. The van der Waals surface area contributed by atoms with Gasteiger partial charge in [0.25, 0.3) is 0 Å². The molecule has 0 saturated heterocycles. The molecular formula is C27H40Si2. The topological polar surface area (TPSA) is 0 Å². The van der Waals surface area contributed by atoms with E-state index in [-0.39, 0.29) is 20.9 Å². The molecule has 0 aromatic rings. The Kier molecular flexibility index (Phi) is 5.14. The van der Waals surface area contributed by atoms with Crippen LogP contribution in [0.25, 0.3) is 0 Å². The summed E-state index contributed by atoms with van der Waals surface area (Å²) in [7, 11) is -3.30. The van der Waals surface area contributed by atoms with E-state index in [1.807, 2.05) is 0 Å². The van der Waals surface area contributed by atoms with Crippen LogP contribution < -0.4 is 0 Å².